The van der Waals surface area contributed by atoms with Crippen molar-refractivity contribution in [1.29, 1.82) is 0 Å². The Morgan fingerprint density at radius 3 is 2.42 bits per heavy atom. The molecule has 1 spiro atoms. The number of hydrogen-bond donors (Lipinski definition) is 0. The number of nitro groups is 1. The Morgan fingerprint density at radius 1 is 1.12 bits per heavy atom. The van der Waals surface area contributed by atoms with Crippen molar-refractivity contribution in [2.45, 2.75) is 25.1 Å². The summed E-state index contributed by atoms with van der Waals surface area (Å²) in [4.78, 5) is 38.9. The zero-order chi connectivity index (χ0) is 23.8. The van der Waals surface area contributed by atoms with E-state index < -0.39 is 15.2 Å². The van der Waals surface area contributed by atoms with Gasteiger partial charge in [-0.15, -0.1) is 0 Å². The van der Waals surface area contributed by atoms with Crippen LogP contribution in [0.1, 0.15) is 20.8 Å². The van der Waals surface area contributed by atoms with E-state index in [1.54, 1.807) is 25.1 Å². The number of ketones is 1. The fourth-order valence-corrected chi connectivity index (χ4v) is 6.59. The van der Waals surface area contributed by atoms with Gasteiger partial charge in [0.25, 0.3) is 5.69 Å². The summed E-state index contributed by atoms with van der Waals surface area (Å²) in [5, 5.41) is 17.8. The number of Topliss-reactive ketones (excluding diaryl/α,β-unsaturated/α-hetero) is 1. The van der Waals surface area contributed by atoms with E-state index >= 15 is 0 Å². The third kappa shape index (κ3) is 3.87. The second kappa shape index (κ2) is 8.91. The predicted molar refractivity (Wildman–Crippen MR) is 130 cm³/mol. The summed E-state index contributed by atoms with van der Waals surface area (Å²) in [7, 11) is 0. The first-order chi connectivity index (χ1) is 15.8. The maximum Gasteiger partial charge on any atom is 0.365 e. The van der Waals surface area contributed by atoms with E-state index in [0.717, 1.165) is 17.4 Å². The Hall–Kier alpha value is -3.31. The first-order valence-corrected chi connectivity index (χ1v) is 11.7. The number of carbonyl (C=O) groups excluding carboxylic acids is 2. The molecule has 170 valence electrons. The third-order valence-corrected chi connectivity index (χ3v) is 7.93. The number of rotatable bonds is 6. The molecule has 9 nitrogen and oxygen atoms in total. The molecule has 2 aliphatic rings. The van der Waals surface area contributed by atoms with Crippen molar-refractivity contribution in [3.8, 4) is 0 Å². The van der Waals surface area contributed by atoms with Gasteiger partial charge in [0.15, 0.2) is 5.78 Å². The summed E-state index contributed by atoms with van der Waals surface area (Å²) in [5.41, 5.74) is 1.43. The minimum absolute atomic E-state index is 0.0426. The topological polar surface area (TPSA) is 105 Å². The van der Waals surface area contributed by atoms with Crippen LogP contribution in [-0.2, 0) is 14.3 Å². The lowest BCUT2D eigenvalue weighted by atomic mass is 10.2. The van der Waals surface area contributed by atoms with Crippen molar-refractivity contribution in [1.82, 2.24) is 0 Å². The first kappa shape index (κ1) is 22.9. The molecule has 2 heterocycles. The quantitative estimate of drug-likeness (QED) is 0.327. The van der Waals surface area contributed by atoms with Crippen LogP contribution in [0.25, 0.3) is 0 Å². The molecule has 0 aliphatic carbocycles. The second-order valence-electron chi connectivity index (χ2n) is 7.08. The molecule has 2 aliphatic heterocycles. The van der Waals surface area contributed by atoms with Gasteiger partial charge in [0, 0.05) is 17.5 Å². The molecule has 2 aromatic rings. The van der Waals surface area contributed by atoms with Crippen LogP contribution in [-0.4, -0.2) is 32.7 Å². The average molecular weight is 485 g/mol. The van der Waals surface area contributed by atoms with Crippen molar-refractivity contribution in [3.63, 3.8) is 0 Å². The highest BCUT2D eigenvalue weighted by Gasteiger charge is 2.58. The van der Waals surface area contributed by atoms with Gasteiger partial charge in [0.1, 0.15) is 5.69 Å². The van der Waals surface area contributed by atoms with E-state index in [1.807, 2.05) is 42.2 Å². The molecule has 0 radical (unpaired) electrons. The van der Waals surface area contributed by atoms with Crippen LogP contribution in [0, 0.1) is 10.1 Å². The highest BCUT2D eigenvalue weighted by molar-refractivity contribution is 8.29. The molecule has 2 aromatic carbocycles. The summed E-state index contributed by atoms with van der Waals surface area (Å²) in [6, 6.07) is 15.5. The zero-order valence-corrected chi connectivity index (χ0v) is 19.7. The Balaban J connectivity index is 1.95. The first-order valence-electron chi connectivity index (χ1n) is 10.0. The summed E-state index contributed by atoms with van der Waals surface area (Å²) < 4.78 is 3.95. The minimum atomic E-state index is -1.22. The van der Waals surface area contributed by atoms with E-state index in [4.69, 9.17) is 4.74 Å². The molecule has 0 N–H and O–H groups in total. The van der Waals surface area contributed by atoms with Crippen molar-refractivity contribution < 1.29 is 19.2 Å². The fourth-order valence-electron chi connectivity index (χ4n) is 3.65. The molecular weight excluding hydrogens is 464 g/mol. The highest BCUT2D eigenvalue weighted by Crippen LogP contribution is 2.60. The van der Waals surface area contributed by atoms with Gasteiger partial charge in [0.2, 0.25) is 9.37 Å². The SMILES string of the molecule is CCOC(=O)C1=NN(c2ccccc2[N+](=O)[O-])[C@]2(S1)SC(C(C)=O)=C(C)N2c1ccccc1. The predicted octanol–water partition coefficient (Wildman–Crippen LogP) is 4.71. The Kier molecular flexibility index (Phi) is 6.17. The Bertz CT molecular complexity index is 1200. The molecule has 0 fully saturated rings. The molecule has 0 bridgehead atoms. The molecule has 0 saturated heterocycles. The number of hydrogen-bond acceptors (Lipinski definition) is 10. The van der Waals surface area contributed by atoms with Gasteiger partial charge >= 0.3 is 5.97 Å². The Labute approximate surface area is 198 Å². The maximum absolute atomic E-state index is 12.7. The number of nitrogens with zero attached hydrogens (tertiary/aromatic N) is 4. The van der Waals surface area contributed by atoms with Crippen molar-refractivity contribution in [2.75, 3.05) is 16.5 Å². The lowest BCUT2D eigenvalue weighted by Crippen LogP contribution is -2.49. The largest absolute Gasteiger partial charge is 0.461 e. The number of ether oxygens (including phenoxy) is 1. The molecule has 0 aromatic heterocycles. The monoisotopic (exact) mass is 484 g/mol. The van der Waals surface area contributed by atoms with Gasteiger partial charge in [-0.3, -0.25) is 14.9 Å². The van der Waals surface area contributed by atoms with Crippen LogP contribution in [0.2, 0.25) is 0 Å². The number of para-hydroxylation sites is 3. The van der Waals surface area contributed by atoms with E-state index in [9.17, 15) is 19.7 Å². The molecule has 11 heteroatoms. The van der Waals surface area contributed by atoms with Gasteiger partial charge < -0.3 is 9.64 Å². The van der Waals surface area contributed by atoms with Crippen LogP contribution >= 0.6 is 23.5 Å². The molecular formula is C22H20N4O5S2. The van der Waals surface area contributed by atoms with E-state index in [1.165, 1.54) is 29.8 Å². The van der Waals surface area contributed by atoms with Gasteiger partial charge in [-0.05, 0) is 50.7 Å². The van der Waals surface area contributed by atoms with Gasteiger partial charge in [-0.25, -0.2) is 9.80 Å². The summed E-state index contributed by atoms with van der Waals surface area (Å²) in [6.07, 6.45) is 0. The van der Waals surface area contributed by atoms with Crippen molar-refractivity contribution in [3.05, 3.63) is 75.3 Å². The number of esters is 1. The lowest BCUT2D eigenvalue weighted by Gasteiger charge is -2.41. The normalized spacial score (nSPS) is 19.8. The third-order valence-electron chi connectivity index (χ3n) is 4.96. The van der Waals surface area contributed by atoms with Crippen molar-refractivity contribution in [2.24, 2.45) is 5.10 Å². The second-order valence-corrected chi connectivity index (χ2v) is 9.68. The highest BCUT2D eigenvalue weighted by atomic mass is 32.2. The van der Waals surface area contributed by atoms with Crippen LogP contribution in [0.15, 0.2) is 70.3 Å². The minimum Gasteiger partial charge on any atom is -0.461 e. The molecule has 1 atom stereocenters. The summed E-state index contributed by atoms with van der Waals surface area (Å²) in [5.74, 6) is -0.784. The van der Waals surface area contributed by atoms with Crippen molar-refractivity contribution >= 4 is 57.4 Å². The number of anilines is 2. The number of allylic oxidation sites excluding steroid dienone is 2. The number of benzene rings is 2. The average Bonchev–Trinajstić information content (AvgIpc) is 3.32. The van der Waals surface area contributed by atoms with Crippen LogP contribution in [0.4, 0.5) is 17.1 Å². The van der Waals surface area contributed by atoms with Crippen LogP contribution < -0.4 is 9.91 Å². The van der Waals surface area contributed by atoms with E-state index in [-0.39, 0.29) is 28.8 Å². The fraction of sp³-hybridized carbons (Fsp3) is 0.227. The smallest absolute Gasteiger partial charge is 0.365 e. The standard InChI is InChI=1S/C22H20N4O5S2/c1-4-31-21(28)20-23-25(17-12-8-9-13-18(17)26(29)30)22(33-20)24(16-10-6-5-7-11-16)14(2)19(32-22)15(3)27/h5-13H,4H2,1-3H3/t22-/m0/s1. The van der Waals surface area contributed by atoms with Gasteiger partial charge in [-0.2, -0.15) is 5.10 Å². The van der Waals surface area contributed by atoms with Crippen LogP contribution in [0.5, 0.6) is 0 Å². The molecule has 4 rings (SSSR count). The van der Waals surface area contributed by atoms with Gasteiger partial charge in [0.05, 0.1) is 16.4 Å². The number of carbonyl (C=O) groups is 2. The lowest BCUT2D eigenvalue weighted by molar-refractivity contribution is -0.384. The van der Waals surface area contributed by atoms with E-state index in [0.29, 0.717) is 10.6 Å². The number of nitro benzene ring substituents is 1. The molecule has 0 unspecified atom stereocenters. The maximum atomic E-state index is 12.7. The summed E-state index contributed by atoms with van der Waals surface area (Å²) >= 11 is 2.30. The number of hydrazone groups is 1. The van der Waals surface area contributed by atoms with Crippen LogP contribution in [0.3, 0.4) is 0 Å². The summed E-state index contributed by atoms with van der Waals surface area (Å²) in [6.45, 7) is 5.12. The van der Waals surface area contributed by atoms with Gasteiger partial charge in [-0.1, -0.05) is 42.1 Å². The molecule has 0 amide bonds. The number of thioether (sulfide) groups is 2. The molecule has 0 saturated carbocycles. The molecule has 33 heavy (non-hydrogen) atoms. The zero-order valence-electron chi connectivity index (χ0n) is 18.0. The van der Waals surface area contributed by atoms with E-state index in [2.05, 4.69) is 5.10 Å². The Morgan fingerprint density at radius 2 is 1.79 bits per heavy atom.